The molecule has 0 aliphatic carbocycles. The summed E-state index contributed by atoms with van der Waals surface area (Å²) in [7, 11) is 1.95. The molecular weight excluding hydrogens is 105 g/mol. The van der Waals surface area contributed by atoms with Gasteiger partial charge in [-0.3, -0.25) is 0 Å². The van der Waals surface area contributed by atoms with Crippen molar-refractivity contribution in [3.8, 4) is 0 Å². The first-order chi connectivity index (χ1) is 3.84. The molecule has 0 aromatic rings. The number of rotatable bonds is 1. The van der Waals surface area contributed by atoms with Crippen LogP contribution < -0.4 is 0 Å². The number of hydrogen-bond donors (Lipinski definition) is 0. The zero-order valence-corrected chi connectivity index (χ0v) is 5.10. The molecule has 8 heavy (non-hydrogen) atoms. The second kappa shape index (κ2) is 2.44. The first-order valence-electron chi connectivity index (χ1n) is 2.92. The van der Waals surface area contributed by atoms with Gasteiger partial charge in [0.1, 0.15) is 6.67 Å². The third-order valence-corrected chi connectivity index (χ3v) is 1.66. The van der Waals surface area contributed by atoms with E-state index in [1.807, 2.05) is 11.9 Å². The molecule has 2 heteroatoms. The van der Waals surface area contributed by atoms with E-state index < -0.39 is 0 Å². The van der Waals surface area contributed by atoms with Crippen molar-refractivity contribution in [2.75, 3.05) is 20.3 Å². The molecule has 1 radical (unpaired) electrons. The van der Waals surface area contributed by atoms with Crippen LogP contribution in [-0.4, -0.2) is 31.2 Å². The summed E-state index contributed by atoms with van der Waals surface area (Å²) in [6.45, 7) is 0.752. The molecule has 1 rings (SSSR count). The highest BCUT2D eigenvalue weighted by Gasteiger charge is 2.19. The van der Waals surface area contributed by atoms with Crippen LogP contribution in [0.5, 0.6) is 0 Å². The highest BCUT2D eigenvalue weighted by Crippen LogP contribution is 2.13. The lowest BCUT2D eigenvalue weighted by Gasteiger charge is -2.14. The zero-order chi connectivity index (χ0) is 5.98. The fraction of sp³-hybridized carbons (Fsp3) is 0.833. The summed E-state index contributed by atoms with van der Waals surface area (Å²) in [5.74, 6) is 0. The van der Waals surface area contributed by atoms with E-state index in [2.05, 4.69) is 6.42 Å². The number of hydrogen-bond acceptors (Lipinski definition) is 1. The molecule has 0 saturated carbocycles. The predicted octanol–water partition coefficient (Wildman–Crippen LogP) is 0.864. The molecule has 1 atom stereocenters. The van der Waals surface area contributed by atoms with E-state index in [-0.39, 0.29) is 12.7 Å². The Bertz CT molecular complexity index is 74.9. The van der Waals surface area contributed by atoms with Crippen LogP contribution in [0.4, 0.5) is 4.39 Å². The van der Waals surface area contributed by atoms with Crippen molar-refractivity contribution in [2.24, 2.45) is 0 Å². The molecule has 1 heterocycles. The maximum absolute atomic E-state index is 11.9. The number of likely N-dealkylation sites (tertiary alicyclic amines) is 1. The van der Waals surface area contributed by atoms with Crippen molar-refractivity contribution in [1.29, 1.82) is 0 Å². The highest BCUT2D eigenvalue weighted by atomic mass is 19.1. The van der Waals surface area contributed by atoms with Crippen molar-refractivity contribution in [3.63, 3.8) is 0 Å². The summed E-state index contributed by atoms with van der Waals surface area (Å²) < 4.78 is 11.9. The van der Waals surface area contributed by atoms with Gasteiger partial charge in [-0.15, -0.1) is 0 Å². The SMILES string of the molecule is CN1C[CH]C[C@H]1CF. The minimum absolute atomic E-state index is 0.176. The molecule has 0 unspecified atom stereocenters. The summed E-state index contributed by atoms with van der Waals surface area (Å²) >= 11 is 0. The van der Waals surface area contributed by atoms with Crippen LogP contribution in [0.25, 0.3) is 0 Å². The molecule has 0 amide bonds. The second-order valence-electron chi connectivity index (χ2n) is 2.27. The summed E-state index contributed by atoms with van der Waals surface area (Å²) in [5, 5.41) is 0. The Morgan fingerprint density at radius 2 is 2.62 bits per heavy atom. The van der Waals surface area contributed by atoms with Crippen LogP contribution in [0.1, 0.15) is 6.42 Å². The van der Waals surface area contributed by atoms with Crippen LogP contribution in [0.15, 0.2) is 0 Å². The van der Waals surface area contributed by atoms with Gasteiger partial charge in [0.25, 0.3) is 0 Å². The Morgan fingerprint density at radius 3 is 2.88 bits per heavy atom. The molecule has 47 valence electrons. The van der Waals surface area contributed by atoms with Gasteiger partial charge in [0.15, 0.2) is 0 Å². The van der Waals surface area contributed by atoms with Gasteiger partial charge < -0.3 is 4.90 Å². The lowest BCUT2D eigenvalue weighted by molar-refractivity contribution is 0.256. The topological polar surface area (TPSA) is 3.24 Å². The highest BCUT2D eigenvalue weighted by molar-refractivity contribution is 4.87. The van der Waals surface area contributed by atoms with Crippen LogP contribution in [0, 0.1) is 6.42 Å². The summed E-state index contributed by atoms with van der Waals surface area (Å²) in [4.78, 5) is 2.03. The molecule has 1 aliphatic heterocycles. The van der Waals surface area contributed by atoms with Crippen LogP contribution in [0.3, 0.4) is 0 Å². The molecule has 0 aromatic heterocycles. The van der Waals surface area contributed by atoms with Gasteiger partial charge in [-0.25, -0.2) is 4.39 Å². The summed E-state index contributed by atoms with van der Waals surface area (Å²) in [6.07, 6.45) is 3.04. The van der Waals surface area contributed by atoms with Crippen molar-refractivity contribution >= 4 is 0 Å². The van der Waals surface area contributed by atoms with Gasteiger partial charge in [-0.1, -0.05) is 0 Å². The zero-order valence-electron chi connectivity index (χ0n) is 5.10. The van der Waals surface area contributed by atoms with Gasteiger partial charge >= 0.3 is 0 Å². The third kappa shape index (κ3) is 0.996. The average Bonchev–Trinajstić information content (AvgIpc) is 2.14. The van der Waals surface area contributed by atoms with Crippen LogP contribution in [-0.2, 0) is 0 Å². The maximum atomic E-state index is 11.9. The summed E-state index contributed by atoms with van der Waals surface area (Å²) in [5.41, 5.74) is 0. The number of halogens is 1. The third-order valence-electron chi connectivity index (χ3n) is 1.66. The minimum Gasteiger partial charge on any atom is -0.301 e. The van der Waals surface area contributed by atoms with E-state index in [0.29, 0.717) is 0 Å². The van der Waals surface area contributed by atoms with Gasteiger partial charge in [0, 0.05) is 12.6 Å². The molecule has 0 spiro atoms. The lowest BCUT2D eigenvalue weighted by atomic mass is 10.2. The molecule has 0 aromatic carbocycles. The Morgan fingerprint density at radius 1 is 1.88 bits per heavy atom. The fourth-order valence-electron chi connectivity index (χ4n) is 0.980. The molecule has 1 aliphatic rings. The standard InChI is InChI=1S/C6H11FN/c1-8-4-2-3-6(8)5-7/h2,6H,3-5H2,1H3/t6-/m0/s1. The van der Waals surface area contributed by atoms with Crippen molar-refractivity contribution < 1.29 is 4.39 Å². The number of nitrogens with zero attached hydrogens (tertiary/aromatic N) is 1. The molecule has 1 nitrogen and oxygen atoms in total. The average molecular weight is 116 g/mol. The minimum atomic E-state index is -0.201. The Balaban J connectivity index is 2.30. The van der Waals surface area contributed by atoms with Crippen molar-refractivity contribution in [2.45, 2.75) is 12.5 Å². The van der Waals surface area contributed by atoms with Crippen LogP contribution in [0.2, 0.25) is 0 Å². The van der Waals surface area contributed by atoms with E-state index in [1.165, 1.54) is 0 Å². The largest absolute Gasteiger partial charge is 0.301 e. The predicted molar refractivity (Wildman–Crippen MR) is 31.3 cm³/mol. The van der Waals surface area contributed by atoms with E-state index in [9.17, 15) is 4.39 Å². The molecular formula is C6H11FN. The van der Waals surface area contributed by atoms with Crippen molar-refractivity contribution in [1.82, 2.24) is 4.90 Å². The van der Waals surface area contributed by atoms with Gasteiger partial charge in [-0.2, -0.15) is 0 Å². The van der Waals surface area contributed by atoms with Crippen LogP contribution >= 0.6 is 0 Å². The second-order valence-corrected chi connectivity index (χ2v) is 2.27. The van der Waals surface area contributed by atoms with Gasteiger partial charge in [0.05, 0.1) is 0 Å². The quantitative estimate of drug-likeness (QED) is 0.491. The van der Waals surface area contributed by atoms with E-state index in [4.69, 9.17) is 0 Å². The first kappa shape index (κ1) is 6.02. The Labute approximate surface area is 49.5 Å². The van der Waals surface area contributed by atoms with Gasteiger partial charge in [0.2, 0.25) is 0 Å². The van der Waals surface area contributed by atoms with Crippen molar-refractivity contribution in [3.05, 3.63) is 6.42 Å². The van der Waals surface area contributed by atoms with E-state index >= 15 is 0 Å². The summed E-state index contributed by atoms with van der Waals surface area (Å²) in [6, 6.07) is 0.176. The number of alkyl halides is 1. The molecule has 1 fully saturated rings. The Kier molecular flexibility index (Phi) is 1.84. The molecule has 0 bridgehead atoms. The monoisotopic (exact) mass is 116 g/mol. The maximum Gasteiger partial charge on any atom is 0.105 e. The first-order valence-corrected chi connectivity index (χ1v) is 2.92. The Hall–Kier alpha value is -0.110. The molecule has 1 saturated heterocycles. The van der Waals surface area contributed by atoms with E-state index in [1.54, 1.807) is 0 Å². The normalized spacial score (nSPS) is 31.5. The lowest BCUT2D eigenvalue weighted by Crippen LogP contribution is -2.26. The van der Waals surface area contributed by atoms with E-state index in [0.717, 1.165) is 13.0 Å². The smallest absolute Gasteiger partial charge is 0.105 e. The molecule has 0 N–H and O–H groups in total. The van der Waals surface area contributed by atoms with Gasteiger partial charge in [-0.05, 0) is 19.9 Å². The fourth-order valence-corrected chi connectivity index (χ4v) is 0.980.